The molecule has 1 aromatic heterocycles. The summed E-state index contributed by atoms with van der Waals surface area (Å²) in [5, 5.41) is 15.7. The number of aromatic carboxylic acids is 1. The molecule has 0 bridgehead atoms. The summed E-state index contributed by atoms with van der Waals surface area (Å²) in [7, 11) is 0. The second-order valence-electron chi connectivity index (χ2n) is 5.45. The Labute approximate surface area is 118 Å². The number of carboxylic acids is 1. The van der Waals surface area contributed by atoms with E-state index in [-0.39, 0.29) is 17.6 Å². The van der Waals surface area contributed by atoms with E-state index in [0.29, 0.717) is 18.9 Å². The third kappa shape index (κ3) is 3.82. The molecule has 2 rings (SSSR count). The van der Waals surface area contributed by atoms with Crippen LogP contribution in [0.3, 0.4) is 0 Å². The Hall–Kier alpha value is -1.85. The first-order chi connectivity index (χ1) is 9.56. The number of carbonyl (C=O) groups excluding carboxylic acids is 1. The minimum Gasteiger partial charge on any atom is -0.476 e. The highest BCUT2D eigenvalue weighted by atomic mass is 16.4. The number of nitrogens with one attached hydrogen (secondary N) is 1. The number of carboxylic acid groups (broad SMARTS) is 1. The number of hydrogen-bond acceptors (Lipinski definition) is 3. The van der Waals surface area contributed by atoms with Gasteiger partial charge in [-0.1, -0.05) is 19.8 Å². The van der Waals surface area contributed by atoms with Crippen LogP contribution < -0.4 is 5.32 Å². The summed E-state index contributed by atoms with van der Waals surface area (Å²) in [5.41, 5.74) is 0.00584. The van der Waals surface area contributed by atoms with E-state index in [1.165, 1.54) is 30.0 Å². The van der Waals surface area contributed by atoms with E-state index in [4.69, 9.17) is 5.11 Å². The van der Waals surface area contributed by atoms with Crippen molar-refractivity contribution >= 4 is 11.9 Å². The zero-order valence-corrected chi connectivity index (χ0v) is 11.7. The molecule has 6 heteroatoms. The van der Waals surface area contributed by atoms with Crippen molar-refractivity contribution in [2.24, 2.45) is 5.92 Å². The van der Waals surface area contributed by atoms with Gasteiger partial charge in [0.25, 0.3) is 0 Å². The van der Waals surface area contributed by atoms with Gasteiger partial charge in [-0.05, 0) is 24.8 Å². The Morgan fingerprint density at radius 2 is 2.20 bits per heavy atom. The number of nitrogens with zero attached hydrogens (tertiary/aromatic N) is 2. The Kier molecular flexibility index (Phi) is 4.76. The molecule has 1 aromatic rings. The van der Waals surface area contributed by atoms with Gasteiger partial charge in [0.2, 0.25) is 5.91 Å². The number of hydrogen-bond donors (Lipinski definition) is 2. The number of aryl methyl sites for hydroxylation is 1. The van der Waals surface area contributed by atoms with Gasteiger partial charge in [-0.25, -0.2) is 4.79 Å². The zero-order valence-electron chi connectivity index (χ0n) is 11.7. The van der Waals surface area contributed by atoms with Crippen LogP contribution in [-0.4, -0.2) is 32.8 Å². The van der Waals surface area contributed by atoms with Crippen molar-refractivity contribution < 1.29 is 14.7 Å². The summed E-state index contributed by atoms with van der Waals surface area (Å²) < 4.78 is 1.49. The van der Waals surface area contributed by atoms with Gasteiger partial charge in [0, 0.05) is 25.2 Å². The summed E-state index contributed by atoms with van der Waals surface area (Å²) >= 11 is 0. The van der Waals surface area contributed by atoms with Gasteiger partial charge < -0.3 is 10.4 Å². The molecule has 110 valence electrons. The van der Waals surface area contributed by atoms with Crippen molar-refractivity contribution in [1.82, 2.24) is 15.1 Å². The van der Waals surface area contributed by atoms with E-state index in [2.05, 4.69) is 17.3 Å². The van der Waals surface area contributed by atoms with Gasteiger partial charge >= 0.3 is 5.97 Å². The van der Waals surface area contributed by atoms with Crippen molar-refractivity contribution in [1.29, 1.82) is 0 Å². The first-order valence-electron chi connectivity index (χ1n) is 7.12. The third-order valence-corrected chi connectivity index (χ3v) is 3.89. The first kappa shape index (κ1) is 14.6. The molecule has 0 spiro atoms. The van der Waals surface area contributed by atoms with Crippen LogP contribution >= 0.6 is 0 Å². The minimum absolute atomic E-state index is 0.00584. The molecule has 20 heavy (non-hydrogen) atoms. The van der Waals surface area contributed by atoms with E-state index < -0.39 is 5.97 Å². The maximum absolute atomic E-state index is 11.9. The van der Waals surface area contributed by atoms with Gasteiger partial charge in [-0.3, -0.25) is 9.48 Å². The van der Waals surface area contributed by atoms with Crippen LogP contribution in [0.25, 0.3) is 0 Å². The normalized spacial score (nSPS) is 22.4. The van der Waals surface area contributed by atoms with Crippen molar-refractivity contribution in [3.63, 3.8) is 0 Å². The molecular formula is C14H21N3O3. The lowest BCUT2D eigenvalue weighted by atomic mass is 9.86. The molecule has 0 saturated heterocycles. The maximum Gasteiger partial charge on any atom is 0.356 e. The zero-order chi connectivity index (χ0) is 14.5. The number of carbonyl (C=O) groups is 2. The predicted octanol–water partition coefficient (Wildman–Crippen LogP) is 1.67. The lowest BCUT2D eigenvalue weighted by Gasteiger charge is -2.29. The number of amides is 1. The van der Waals surface area contributed by atoms with E-state index in [0.717, 1.165) is 6.42 Å². The molecule has 1 aliphatic carbocycles. The highest BCUT2D eigenvalue weighted by molar-refractivity contribution is 5.85. The molecule has 0 aliphatic heterocycles. The highest BCUT2D eigenvalue weighted by Crippen LogP contribution is 2.23. The summed E-state index contributed by atoms with van der Waals surface area (Å²) in [6, 6.07) is 1.71. The first-order valence-corrected chi connectivity index (χ1v) is 7.12. The van der Waals surface area contributed by atoms with Crippen LogP contribution in [0.15, 0.2) is 12.3 Å². The van der Waals surface area contributed by atoms with Gasteiger partial charge in [-0.15, -0.1) is 0 Å². The molecule has 1 saturated carbocycles. The van der Waals surface area contributed by atoms with E-state index in [1.54, 1.807) is 6.20 Å². The Morgan fingerprint density at radius 3 is 2.85 bits per heavy atom. The lowest BCUT2D eigenvalue weighted by molar-refractivity contribution is -0.122. The largest absolute Gasteiger partial charge is 0.476 e. The van der Waals surface area contributed by atoms with Gasteiger partial charge in [0.05, 0.1) is 0 Å². The van der Waals surface area contributed by atoms with Crippen LogP contribution in [0.2, 0.25) is 0 Å². The topological polar surface area (TPSA) is 84.2 Å². The molecule has 2 N–H and O–H groups in total. The van der Waals surface area contributed by atoms with Crippen molar-refractivity contribution in [3.05, 3.63) is 18.0 Å². The second-order valence-corrected chi connectivity index (χ2v) is 5.45. The monoisotopic (exact) mass is 279 g/mol. The van der Waals surface area contributed by atoms with Crippen LogP contribution in [-0.2, 0) is 11.3 Å². The third-order valence-electron chi connectivity index (χ3n) is 3.89. The minimum atomic E-state index is -1.05. The van der Waals surface area contributed by atoms with E-state index >= 15 is 0 Å². The summed E-state index contributed by atoms with van der Waals surface area (Å²) in [4.78, 5) is 22.6. The molecule has 0 aromatic carbocycles. The molecule has 1 aliphatic rings. The van der Waals surface area contributed by atoms with Crippen LogP contribution in [0.1, 0.15) is 49.5 Å². The summed E-state index contributed by atoms with van der Waals surface area (Å²) in [6.45, 7) is 2.58. The predicted molar refractivity (Wildman–Crippen MR) is 73.4 cm³/mol. The van der Waals surface area contributed by atoms with Gasteiger partial charge in [0.1, 0.15) is 0 Å². The standard InChI is InChI=1S/C14H21N3O3/c1-10-4-2-3-5-11(10)15-13(18)7-9-17-8-6-12(16-17)14(19)20/h6,8,10-11H,2-5,7,9H2,1H3,(H,15,18)(H,19,20). The quantitative estimate of drug-likeness (QED) is 0.858. The lowest BCUT2D eigenvalue weighted by Crippen LogP contribution is -2.41. The molecule has 1 amide bonds. The average Bonchev–Trinajstić information content (AvgIpc) is 2.88. The molecule has 2 unspecified atom stereocenters. The molecule has 0 radical (unpaired) electrons. The molecule has 1 heterocycles. The number of aromatic nitrogens is 2. The molecule has 6 nitrogen and oxygen atoms in total. The van der Waals surface area contributed by atoms with Crippen LogP contribution in [0, 0.1) is 5.92 Å². The van der Waals surface area contributed by atoms with Crippen molar-refractivity contribution in [2.45, 2.75) is 51.6 Å². The smallest absolute Gasteiger partial charge is 0.356 e. The van der Waals surface area contributed by atoms with Crippen LogP contribution in [0.4, 0.5) is 0 Å². The van der Waals surface area contributed by atoms with Gasteiger partial charge in [-0.2, -0.15) is 5.10 Å². The Balaban J connectivity index is 1.78. The SMILES string of the molecule is CC1CCCCC1NC(=O)CCn1ccc(C(=O)O)n1. The summed E-state index contributed by atoms with van der Waals surface area (Å²) in [6.07, 6.45) is 6.56. The number of rotatable bonds is 5. The summed E-state index contributed by atoms with van der Waals surface area (Å²) in [5.74, 6) is -0.503. The van der Waals surface area contributed by atoms with Crippen LogP contribution in [0.5, 0.6) is 0 Å². The maximum atomic E-state index is 11.9. The Morgan fingerprint density at radius 1 is 1.45 bits per heavy atom. The second kappa shape index (κ2) is 6.54. The average molecular weight is 279 g/mol. The van der Waals surface area contributed by atoms with E-state index in [1.807, 2.05) is 0 Å². The Bertz CT molecular complexity index is 484. The van der Waals surface area contributed by atoms with Crippen molar-refractivity contribution in [2.75, 3.05) is 0 Å². The van der Waals surface area contributed by atoms with E-state index in [9.17, 15) is 9.59 Å². The fourth-order valence-electron chi connectivity index (χ4n) is 2.63. The molecular weight excluding hydrogens is 258 g/mol. The van der Waals surface area contributed by atoms with Crippen molar-refractivity contribution in [3.8, 4) is 0 Å². The fourth-order valence-corrected chi connectivity index (χ4v) is 2.63. The molecule has 1 fully saturated rings. The molecule has 2 atom stereocenters. The fraction of sp³-hybridized carbons (Fsp3) is 0.643. The van der Waals surface area contributed by atoms with Gasteiger partial charge in [0.15, 0.2) is 5.69 Å². The highest BCUT2D eigenvalue weighted by Gasteiger charge is 2.22.